The molecular formula is C11H18N4O. The lowest BCUT2D eigenvalue weighted by Gasteiger charge is -2.18. The van der Waals surface area contributed by atoms with Gasteiger partial charge in [-0.3, -0.25) is 0 Å². The van der Waals surface area contributed by atoms with Crippen LogP contribution in [0.25, 0.3) is 0 Å². The zero-order valence-electron chi connectivity index (χ0n) is 10.0. The van der Waals surface area contributed by atoms with Crippen molar-refractivity contribution in [1.82, 2.24) is 9.97 Å². The van der Waals surface area contributed by atoms with E-state index in [1.807, 2.05) is 20.0 Å². The number of nitrogens with one attached hydrogen (secondary N) is 1. The topological polar surface area (TPSA) is 50.3 Å². The lowest BCUT2D eigenvalue weighted by molar-refractivity contribution is 0.121. The average Bonchev–Trinajstić information content (AvgIpc) is 2.76. The van der Waals surface area contributed by atoms with Gasteiger partial charge in [0.15, 0.2) is 0 Å². The summed E-state index contributed by atoms with van der Waals surface area (Å²) in [6, 6.07) is 2.01. The van der Waals surface area contributed by atoms with E-state index in [2.05, 4.69) is 20.2 Å². The Kier molecular flexibility index (Phi) is 3.24. The van der Waals surface area contributed by atoms with Crippen LogP contribution in [0.1, 0.15) is 12.1 Å². The Morgan fingerprint density at radius 3 is 2.94 bits per heavy atom. The molecule has 0 aromatic carbocycles. The summed E-state index contributed by atoms with van der Waals surface area (Å²) in [5, 5.41) is 2.98. The van der Waals surface area contributed by atoms with Crippen molar-refractivity contribution in [2.75, 3.05) is 37.5 Å². The maximum Gasteiger partial charge on any atom is 0.224 e. The molecule has 1 atom stereocenters. The van der Waals surface area contributed by atoms with E-state index in [4.69, 9.17) is 4.74 Å². The number of aromatic nitrogens is 2. The normalized spacial score (nSPS) is 20.2. The molecule has 1 aromatic heterocycles. The van der Waals surface area contributed by atoms with Crippen LogP contribution in [0.15, 0.2) is 6.07 Å². The highest BCUT2D eigenvalue weighted by atomic mass is 16.5. The van der Waals surface area contributed by atoms with E-state index in [0.29, 0.717) is 12.1 Å². The number of methoxy groups -OCH3 is 1. The van der Waals surface area contributed by atoms with Crippen molar-refractivity contribution in [2.45, 2.75) is 19.4 Å². The Bertz CT molecular complexity index is 369. The first-order valence-electron chi connectivity index (χ1n) is 5.54. The Morgan fingerprint density at radius 2 is 2.31 bits per heavy atom. The van der Waals surface area contributed by atoms with E-state index in [9.17, 15) is 0 Å². The second kappa shape index (κ2) is 4.65. The third-order valence-electron chi connectivity index (χ3n) is 2.87. The van der Waals surface area contributed by atoms with E-state index in [-0.39, 0.29) is 0 Å². The number of nitrogens with zero attached hydrogens (tertiary/aromatic N) is 3. The summed E-state index contributed by atoms with van der Waals surface area (Å²) in [5.74, 6) is 1.66. The van der Waals surface area contributed by atoms with Gasteiger partial charge in [-0.1, -0.05) is 0 Å². The van der Waals surface area contributed by atoms with Gasteiger partial charge < -0.3 is 15.0 Å². The first-order valence-corrected chi connectivity index (χ1v) is 5.54. The maximum absolute atomic E-state index is 5.35. The Hall–Kier alpha value is -1.36. The Morgan fingerprint density at radius 1 is 1.50 bits per heavy atom. The zero-order valence-corrected chi connectivity index (χ0v) is 10.0. The molecular weight excluding hydrogens is 204 g/mol. The van der Waals surface area contributed by atoms with Gasteiger partial charge in [-0.05, 0) is 13.3 Å². The molecule has 1 fully saturated rings. The van der Waals surface area contributed by atoms with Gasteiger partial charge in [-0.2, -0.15) is 4.98 Å². The molecule has 88 valence electrons. The van der Waals surface area contributed by atoms with Crippen molar-refractivity contribution < 1.29 is 4.74 Å². The molecule has 1 aliphatic rings. The van der Waals surface area contributed by atoms with Gasteiger partial charge in [0.2, 0.25) is 5.95 Å². The van der Waals surface area contributed by atoms with Crippen LogP contribution in [-0.2, 0) is 4.74 Å². The minimum absolute atomic E-state index is 0.327. The zero-order chi connectivity index (χ0) is 11.5. The molecule has 1 aromatic rings. The van der Waals surface area contributed by atoms with Crippen molar-refractivity contribution in [3.63, 3.8) is 0 Å². The van der Waals surface area contributed by atoms with Crippen LogP contribution in [0.3, 0.4) is 0 Å². The summed E-state index contributed by atoms with van der Waals surface area (Å²) >= 11 is 0. The quantitative estimate of drug-likeness (QED) is 0.828. The number of hydrogen-bond donors (Lipinski definition) is 1. The fourth-order valence-electron chi connectivity index (χ4n) is 1.95. The molecule has 2 heterocycles. The standard InChI is InChI=1S/C11H18N4O/c1-8-6-10(14-11(12-2)13-8)15-5-4-9(7-15)16-3/h6,9H,4-5,7H2,1-3H3,(H,12,13,14). The van der Waals surface area contributed by atoms with Crippen molar-refractivity contribution in [1.29, 1.82) is 0 Å². The number of rotatable bonds is 3. The first-order chi connectivity index (χ1) is 7.72. The summed E-state index contributed by atoms with van der Waals surface area (Å²) in [4.78, 5) is 11.0. The molecule has 5 heteroatoms. The Labute approximate surface area is 95.8 Å². The van der Waals surface area contributed by atoms with Crippen molar-refractivity contribution in [3.05, 3.63) is 11.8 Å². The van der Waals surface area contributed by atoms with Gasteiger partial charge in [-0.25, -0.2) is 4.98 Å². The molecule has 1 saturated heterocycles. The molecule has 2 rings (SSSR count). The number of ether oxygens (including phenoxy) is 1. The second-order valence-corrected chi connectivity index (χ2v) is 4.03. The van der Waals surface area contributed by atoms with Gasteiger partial charge in [0.25, 0.3) is 0 Å². The van der Waals surface area contributed by atoms with E-state index >= 15 is 0 Å². The van der Waals surface area contributed by atoms with Gasteiger partial charge in [0.05, 0.1) is 6.10 Å². The molecule has 0 spiro atoms. The van der Waals surface area contributed by atoms with E-state index in [0.717, 1.165) is 31.0 Å². The minimum Gasteiger partial charge on any atom is -0.380 e. The van der Waals surface area contributed by atoms with Crippen LogP contribution >= 0.6 is 0 Å². The fraction of sp³-hybridized carbons (Fsp3) is 0.636. The highest BCUT2D eigenvalue weighted by Gasteiger charge is 2.23. The van der Waals surface area contributed by atoms with Crippen LogP contribution < -0.4 is 10.2 Å². The SMILES string of the molecule is CNc1nc(C)cc(N2CCC(OC)C2)n1. The van der Waals surface area contributed by atoms with E-state index in [1.165, 1.54) is 0 Å². The molecule has 16 heavy (non-hydrogen) atoms. The van der Waals surface area contributed by atoms with Crippen molar-refractivity contribution in [3.8, 4) is 0 Å². The first kappa shape index (κ1) is 11.1. The molecule has 1 aliphatic heterocycles. The number of anilines is 2. The smallest absolute Gasteiger partial charge is 0.224 e. The Balaban J connectivity index is 2.17. The molecule has 0 saturated carbocycles. The summed E-state index contributed by atoms with van der Waals surface area (Å²) in [6.07, 6.45) is 1.39. The van der Waals surface area contributed by atoms with Crippen LogP contribution in [0.5, 0.6) is 0 Å². The number of aryl methyl sites for hydroxylation is 1. The molecule has 0 aliphatic carbocycles. The highest BCUT2D eigenvalue weighted by molar-refractivity contribution is 5.45. The predicted molar refractivity (Wildman–Crippen MR) is 63.9 cm³/mol. The van der Waals surface area contributed by atoms with Crippen molar-refractivity contribution in [2.24, 2.45) is 0 Å². The fourth-order valence-corrected chi connectivity index (χ4v) is 1.95. The largest absolute Gasteiger partial charge is 0.380 e. The molecule has 1 N–H and O–H groups in total. The third-order valence-corrected chi connectivity index (χ3v) is 2.87. The third kappa shape index (κ3) is 2.24. The lowest BCUT2D eigenvalue weighted by atomic mass is 10.3. The summed E-state index contributed by atoms with van der Waals surface area (Å²) in [7, 11) is 3.60. The average molecular weight is 222 g/mol. The monoisotopic (exact) mass is 222 g/mol. The van der Waals surface area contributed by atoms with Crippen LogP contribution in [0.2, 0.25) is 0 Å². The van der Waals surface area contributed by atoms with Crippen LogP contribution in [-0.4, -0.2) is 43.3 Å². The van der Waals surface area contributed by atoms with E-state index < -0.39 is 0 Å². The van der Waals surface area contributed by atoms with Gasteiger partial charge in [-0.15, -0.1) is 0 Å². The summed E-state index contributed by atoms with van der Waals surface area (Å²) in [6.45, 7) is 3.89. The number of hydrogen-bond acceptors (Lipinski definition) is 5. The minimum atomic E-state index is 0.327. The summed E-state index contributed by atoms with van der Waals surface area (Å²) < 4.78 is 5.35. The lowest BCUT2D eigenvalue weighted by Crippen LogP contribution is -2.23. The second-order valence-electron chi connectivity index (χ2n) is 4.03. The molecule has 0 radical (unpaired) electrons. The van der Waals surface area contributed by atoms with Crippen molar-refractivity contribution >= 4 is 11.8 Å². The molecule has 5 nitrogen and oxygen atoms in total. The maximum atomic E-state index is 5.35. The van der Waals surface area contributed by atoms with Gasteiger partial charge in [0.1, 0.15) is 5.82 Å². The summed E-state index contributed by atoms with van der Waals surface area (Å²) in [5.41, 5.74) is 0.982. The van der Waals surface area contributed by atoms with Crippen LogP contribution in [0, 0.1) is 6.92 Å². The van der Waals surface area contributed by atoms with Gasteiger partial charge >= 0.3 is 0 Å². The van der Waals surface area contributed by atoms with E-state index in [1.54, 1.807) is 7.11 Å². The molecule has 0 bridgehead atoms. The molecule has 0 amide bonds. The molecule has 1 unspecified atom stereocenters. The predicted octanol–water partition coefficient (Wildman–Crippen LogP) is 1.05. The van der Waals surface area contributed by atoms with Gasteiger partial charge in [0, 0.05) is 39.0 Å². The van der Waals surface area contributed by atoms with Crippen LogP contribution in [0.4, 0.5) is 11.8 Å². The highest BCUT2D eigenvalue weighted by Crippen LogP contribution is 2.21.